The minimum absolute atomic E-state index is 0.0646. The highest BCUT2D eigenvalue weighted by Crippen LogP contribution is 2.27. The van der Waals surface area contributed by atoms with E-state index in [-0.39, 0.29) is 11.9 Å². The van der Waals surface area contributed by atoms with Crippen LogP contribution in [0.15, 0.2) is 18.3 Å². The van der Waals surface area contributed by atoms with Crippen LogP contribution in [0.2, 0.25) is 0 Å². The van der Waals surface area contributed by atoms with Gasteiger partial charge >= 0.3 is 0 Å². The van der Waals surface area contributed by atoms with E-state index in [0.29, 0.717) is 19.8 Å². The van der Waals surface area contributed by atoms with E-state index in [2.05, 4.69) is 17.2 Å². The second-order valence-corrected chi connectivity index (χ2v) is 5.18. The molecule has 2 rings (SSSR count). The number of amides is 1. The van der Waals surface area contributed by atoms with Crippen molar-refractivity contribution in [2.45, 2.75) is 32.9 Å². The number of nitrogens with one attached hydrogen (secondary N) is 1. The summed E-state index contributed by atoms with van der Waals surface area (Å²) in [4.78, 5) is 16.6. The van der Waals surface area contributed by atoms with Crippen molar-refractivity contribution in [1.82, 2.24) is 10.3 Å². The van der Waals surface area contributed by atoms with Gasteiger partial charge in [0.15, 0.2) is 0 Å². The van der Waals surface area contributed by atoms with Crippen molar-refractivity contribution in [2.24, 2.45) is 11.1 Å². The molecule has 0 saturated carbocycles. The third-order valence-electron chi connectivity index (χ3n) is 3.82. The van der Waals surface area contributed by atoms with Crippen molar-refractivity contribution in [3.05, 3.63) is 29.6 Å². The molecule has 0 aliphatic carbocycles. The number of rotatable bonds is 4. The number of hydrogen-bond acceptors (Lipinski definition) is 4. The summed E-state index contributed by atoms with van der Waals surface area (Å²) in [5, 5.41) is 2.93. The lowest BCUT2D eigenvalue weighted by atomic mass is 9.85. The molecule has 1 aliphatic rings. The molecule has 0 aromatic carbocycles. The first-order valence-corrected chi connectivity index (χ1v) is 6.62. The van der Waals surface area contributed by atoms with Crippen LogP contribution in [0.1, 0.15) is 25.1 Å². The zero-order valence-electron chi connectivity index (χ0n) is 11.5. The number of carbonyl (C=O) groups excluding carboxylic acids is 1. The molecule has 5 heteroatoms. The Morgan fingerprint density at radius 2 is 2.47 bits per heavy atom. The van der Waals surface area contributed by atoms with Crippen molar-refractivity contribution >= 4 is 5.91 Å². The number of ether oxygens (including phenoxy) is 1. The maximum absolute atomic E-state index is 12.3. The molecule has 104 valence electrons. The maximum atomic E-state index is 12.3. The number of carbonyl (C=O) groups is 1. The van der Waals surface area contributed by atoms with Crippen LogP contribution in [-0.4, -0.2) is 30.1 Å². The van der Waals surface area contributed by atoms with Gasteiger partial charge in [0.25, 0.3) is 0 Å². The normalized spacial score (nSPS) is 26.4. The summed E-state index contributed by atoms with van der Waals surface area (Å²) < 4.78 is 5.29. The lowest BCUT2D eigenvalue weighted by molar-refractivity contribution is -0.130. The monoisotopic (exact) mass is 263 g/mol. The number of aromatic nitrogens is 1. The Kier molecular flexibility index (Phi) is 4.17. The average molecular weight is 263 g/mol. The van der Waals surface area contributed by atoms with Crippen molar-refractivity contribution in [1.29, 1.82) is 0 Å². The van der Waals surface area contributed by atoms with Gasteiger partial charge in [-0.3, -0.25) is 9.78 Å². The molecule has 5 nitrogen and oxygen atoms in total. The number of hydrogen-bond donors (Lipinski definition) is 2. The Balaban J connectivity index is 2.01. The first-order chi connectivity index (χ1) is 9.08. The quantitative estimate of drug-likeness (QED) is 0.835. The summed E-state index contributed by atoms with van der Waals surface area (Å²) in [6, 6.07) is 3.69. The first kappa shape index (κ1) is 14.0. The van der Waals surface area contributed by atoms with Gasteiger partial charge in [-0.2, -0.15) is 0 Å². The maximum Gasteiger partial charge on any atom is 0.230 e. The van der Waals surface area contributed by atoms with Gasteiger partial charge in [-0.1, -0.05) is 13.0 Å². The molecule has 19 heavy (non-hydrogen) atoms. The van der Waals surface area contributed by atoms with Crippen molar-refractivity contribution in [3.63, 3.8) is 0 Å². The van der Waals surface area contributed by atoms with E-state index in [0.717, 1.165) is 17.7 Å². The number of pyridine rings is 1. The van der Waals surface area contributed by atoms with E-state index in [4.69, 9.17) is 10.5 Å². The van der Waals surface area contributed by atoms with Crippen LogP contribution in [0, 0.1) is 5.41 Å². The fourth-order valence-electron chi connectivity index (χ4n) is 2.24. The van der Waals surface area contributed by atoms with Gasteiger partial charge in [-0.25, -0.2) is 0 Å². The highest BCUT2D eigenvalue weighted by atomic mass is 16.5. The Labute approximate surface area is 113 Å². The van der Waals surface area contributed by atoms with Crippen LogP contribution in [0.5, 0.6) is 0 Å². The Hall–Kier alpha value is -1.46. The van der Waals surface area contributed by atoms with Crippen LogP contribution >= 0.6 is 0 Å². The molecular formula is C14H21N3O2. The van der Waals surface area contributed by atoms with Crippen LogP contribution in [0.4, 0.5) is 0 Å². The number of nitrogens with zero attached hydrogens (tertiary/aromatic N) is 1. The van der Waals surface area contributed by atoms with Crippen LogP contribution in [-0.2, 0) is 22.5 Å². The minimum Gasteiger partial charge on any atom is -0.379 e. The molecule has 2 unspecified atom stereocenters. The predicted octanol–water partition coefficient (Wildman–Crippen LogP) is 0.624. The number of nitrogens with two attached hydrogens (primary N) is 1. The zero-order chi connectivity index (χ0) is 13.9. The highest BCUT2D eigenvalue weighted by Gasteiger charge is 2.44. The van der Waals surface area contributed by atoms with Gasteiger partial charge in [0, 0.05) is 12.2 Å². The predicted molar refractivity (Wildman–Crippen MR) is 72.4 cm³/mol. The third kappa shape index (κ3) is 2.77. The average Bonchev–Trinajstić information content (AvgIpc) is 2.77. The second kappa shape index (κ2) is 5.67. The molecule has 0 bridgehead atoms. The zero-order valence-corrected chi connectivity index (χ0v) is 11.5. The standard InChI is InChI=1S/C14H21N3O2/c1-3-10-5-4-6-16-11(10)7-17-13(18)14(2)9-19-8-12(14)15/h4-6,12H,3,7-9,15H2,1-2H3,(H,17,18). The molecule has 1 amide bonds. The lowest BCUT2D eigenvalue weighted by Crippen LogP contribution is -2.49. The third-order valence-corrected chi connectivity index (χ3v) is 3.82. The van der Waals surface area contributed by atoms with E-state index < -0.39 is 5.41 Å². The molecule has 0 radical (unpaired) electrons. The molecule has 2 atom stereocenters. The van der Waals surface area contributed by atoms with Gasteiger partial charge < -0.3 is 15.8 Å². The van der Waals surface area contributed by atoms with E-state index >= 15 is 0 Å². The molecule has 1 aliphatic heterocycles. The topological polar surface area (TPSA) is 77.2 Å². The molecule has 3 N–H and O–H groups in total. The lowest BCUT2D eigenvalue weighted by Gasteiger charge is -2.25. The Morgan fingerprint density at radius 1 is 1.68 bits per heavy atom. The van der Waals surface area contributed by atoms with Crippen molar-refractivity contribution in [3.8, 4) is 0 Å². The summed E-state index contributed by atoms with van der Waals surface area (Å²) >= 11 is 0. The second-order valence-electron chi connectivity index (χ2n) is 5.18. The molecule has 1 saturated heterocycles. The van der Waals surface area contributed by atoms with E-state index in [1.54, 1.807) is 6.20 Å². The highest BCUT2D eigenvalue weighted by molar-refractivity contribution is 5.83. The van der Waals surface area contributed by atoms with Gasteiger partial charge in [0.1, 0.15) is 0 Å². The first-order valence-electron chi connectivity index (χ1n) is 6.62. The van der Waals surface area contributed by atoms with Crippen LogP contribution in [0.25, 0.3) is 0 Å². The van der Waals surface area contributed by atoms with Crippen LogP contribution in [0.3, 0.4) is 0 Å². The number of aryl methyl sites for hydroxylation is 1. The van der Waals surface area contributed by atoms with Crippen LogP contribution < -0.4 is 11.1 Å². The molecule has 1 fully saturated rings. The van der Waals surface area contributed by atoms with Gasteiger partial charge in [-0.05, 0) is 25.0 Å². The summed E-state index contributed by atoms with van der Waals surface area (Å²) in [5.74, 6) is -0.0646. The van der Waals surface area contributed by atoms with Gasteiger partial charge in [0.05, 0.1) is 30.9 Å². The summed E-state index contributed by atoms with van der Waals surface area (Å²) in [6.07, 6.45) is 2.64. The van der Waals surface area contributed by atoms with E-state index in [1.165, 1.54) is 0 Å². The molecule has 0 spiro atoms. The van der Waals surface area contributed by atoms with E-state index in [1.807, 2.05) is 19.1 Å². The molecular weight excluding hydrogens is 242 g/mol. The Morgan fingerprint density at radius 3 is 3.11 bits per heavy atom. The molecule has 1 aromatic rings. The summed E-state index contributed by atoms with van der Waals surface area (Å²) in [5.41, 5.74) is 7.36. The van der Waals surface area contributed by atoms with Crippen molar-refractivity contribution in [2.75, 3.05) is 13.2 Å². The fourth-order valence-corrected chi connectivity index (χ4v) is 2.24. The largest absolute Gasteiger partial charge is 0.379 e. The van der Waals surface area contributed by atoms with Crippen molar-refractivity contribution < 1.29 is 9.53 Å². The summed E-state index contributed by atoms with van der Waals surface area (Å²) in [7, 11) is 0. The smallest absolute Gasteiger partial charge is 0.230 e. The van der Waals surface area contributed by atoms with Gasteiger partial charge in [-0.15, -0.1) is 0 Å². The Bertz CT molecular complexity index is 464. The summed E-state index contributed by atoms with van der Waals surface area (Å²) in [6.45, 7) is 5.17. The fraction of sp³-hybridized carbons (Fsp3) is 0.571. The SMILES string of the molecule is CCc1cccnc1CNC(=O)C1(C)COCC1N. The molecule has 2 heterocycles. The van der Waals surface area contributed by atoms with E-state index in [9.17, 15) is 4.79 Å². The molecule has 1 aromatic heterocycles. The minimum atomic E-state index is -0.638. The van der Waals surface area contributed by atoms with Gasteiger partial charge in [0.2, 0.25) is 5.91 Å².